The van der Waals surface area contributed by atoms with E-state index in [1.165, 1.54) is 0 Å². The topological polar surface area (TPSA) is 77.8 Å². The molecule has 4 aromatic rings. The van der Waals surface area contributed by atoms with Gasteiger partial charge in [-0.15, -0.1) is 10.2 Å². The number of aromatic amines is 1. The number of H-pyrrole nitrogens is 1. The number of nitrogens with zero attached hydrogens (tertiary/aromatic N) is 2. The lowest BCUT2D eigenvalue weighted by atomic mass is 9.85. The number of benzene rings is 3. The minimum absolute atomic E-state index is 0.126. The van der Waals surface area contributed by atoms with E-state index in [-0.39, 0.29) is 23.4 Å². The highest BCUT2D eigenvalue weighted by atomic mass is 79.9. The summed E-state index contributed by atoms with van der Waals surface area (Å²) in [5.41, 5.74) is 2.73. The molecule has 1 aliphatic carbocycles. The monoisotopic (exact) mass is 537 g/mol. The second-order valence-electron chi connectivity index (χ2n) is 7.63. The molecule has 1 saturated carbocycles. The van der Waals surface area contributed by atoms with Gasteiger partial charge in [0.05, 0.1) is 11.4 Å². The predicted octanol–water partition coefficient (Wildman–Crippen LogP) is 7.02. The number of carbonyl (C=O) groups is 1. The van der Waals surface area contributed by atoms with E-state index in [1.807, 2.05) is 48.5 Å². The highest BCUT2D eigenvalue weighted by molar-refractivity contribution is 9.11. The molecule has 0 spiro atoms. The molecule has 1 amide bonds. The highest BCUT2D eigenvalue weighted by Crippen LogP contribution is 2.59. The summed E-state index contributed by atoms with van der Waals surface area (Å²) in [5, 5.41) is 19.2. The van der Waals surface area contributed by atoms with Gasteiger partial charge < -0.3 is 10.1 Å². The zero-order valence-corrected chi connectivity index (χ0v) is 19.4. The summed E-state index contributed by atoms with van der Waals surface area (Å²) in [4.78, 5) is 16.0. The number of aromatic hydroxyl groups is 1. The fraction of sp³-hybridized carbons (Fsp3) is 0.125. The van der Waals surface area contributed by atoms with Crippen molar-refractivity contribution in [1.29, 1.82) is 0 Å². The molecule has 31 heavy (non-hydrogen) atoms. The number of halogens is 2. The average molecular weight is 539 g/mol. The lowest BCUT2D eigenvalue weighted by Crippen LogP contribution is -2.16. The molecule has 5 rings (SSSR count). The Morgan fingerprint density at radius 2 is 1.61 bits per heavy atom. The van der Waals surface area contributed by atoms with E-state index in [9.17, 15) is 9.90 Å². The number of carbonyl (C=O) groups excluding carboxylic acids is 1. The lowest BCUT2D eigenvalue weighted by molar-refractivity contribution is -0.119. The number of azo groups is 1. The largest absolute Gasteiger partial charge is 0.493 e. The van der Waals surface area contributed by atoms with E-state index in [0.717, 1.165) is 20.1 Å². The number of nitrogens with one attached hydrogen (secondary N) is 1. The van der Waals surface area contributed by atoms with E-state index in [0.29, 0.717) is 17.3 Å². The van der Waals surface area contributed by atoms with Crippen molar-refractivity contribution in [1.82, 2.24) is 4.98 Å². The maximum absolute atomic E-state index is 13.1. The van der Waals surface area contributed by atoms with Crippen LogP contribution in [-0.2, 0) is 10.2 Å². The molecule has 0 radical (unpaired) electrons. The predicted molar refractivity (Wildman–Crippen MR) is 127 cm³/mol. The van der Waals surface area contributed by atoms with Crippen LogP contribution in [0.5, 0.6) is 5.88 Å². The SMILES string of the molecule is O=C(N=Nc1c(O)[nH]c2c(Br)cc(Br)cc12)[C@@H]1CC1(c1ccccc1)c1ccccc1. The summed E-state index contributed by atoms with van der Waals surface area (Å²) >= 11 is 6.91. The van der Waals surface area contributed by atoms with Crippen LogP contribution in [0.4, 0.5) is 5.69 Å². The molecule has 1 fully saturated rings. The van der Waals surface area contributed by atoms with Crippen LogP contribution in [0.1, 0.15) is 17.5 Å². The van der Waals surface area contributed by atoms with Gasteiger partial charge in [-0.3, -0.25) is 4.79 Å². The molecule has 154 valence electrons. The highest BCUT2D eigenvalue weighted by Gasteiger charge is 2.60. The lowest BCUT2D eigenvalue weighted by Gasteiger charge is -2.17. The third kappa shape index (κ3) is 3.42. The van der Waals surface area contributed by atoms with E-state index in [1.54, 1.807) is 0 Å². The van der Waals surface area contributed by atoms with E-state index in [4.69, 9.17) is 0 Å². The van der Waals surface area contributed by atoms with Crippen molar-refractivity contribution in [2.24, 2.45) is 16.1 Å². The van der Waals surface area contributed by atoms with Crippen molar-refractivity contribution in [3.05, 3.63) is 92.9 Å². The van der Waals surface area contributed by atoms with Crippen LogP contribution in [0, 0.1) is 5.92 Å². The van der Waals surface area contributed by atoms with Crippen LogP contribution in [0.25, 0.3) is 10.9 Å². The van der Waals surface area contributed by atoms with Crippen LogP contribution in [0.3, 0.4) is 0 Å². The summed E-state index contributed by atoms with van der Waals surface area (Å²) in [6.45, 7) is 0. The number of hydrogen-bond acceptors (Lipinski definition) is 3. The minimum Gasteiger partial charge on any atom is -0.493 e. The number of aromatic nitrogens is 1. The first-order valence-electron chi connectivity index (χ1n) is 9.77. The van der Waals surface area contributed by atoms with Gasteiger partial charge in [0.15, 0.2) is 5.69 Å². The Kier molecular flexibility index (Phi) is 5.02. The number of rotatable bonds is 4. The van der Waals surface area contributed by atoms with Gasteiger partial charge in [-0.05, 0) is 45.6 Å². The maximum Gasteiger partial charge on any atom is 0.269 e. The second-order valence-corrected chi connectivity index (χ2v) is 9.40. The fourth-order valence-electron chi connectivity index (χ4n) is 4.30. The van der Waals surface area contributed by atoms with Gasteiger partial charge in [-0.2, -0.15) is 0 Å². The van der Waals surface area contributed by atoms with Gasteiger partial charge in [0.1, 0.15) is 0 Å². The Morgan fingerprint density at radius 1 is 1.00 bits per heavy atom. The third-order valence-corrected chi connectivity index (χ3v) is 6.95. The summed E-state index contributed by atoms with van der Waals surface area (Å²) in [6.07, 6.45) is 0.676. The zero-order valence-electron chi connectivity index (χ0n) is 16.2. The van der Waals surface area contributed by atoms with Crippen LogP contribution >= 0.6 is 31.9 Å². The Labute approximate surface area is 195 Å². The normalized spacial score (nSPS) is 17.3. The van der Waals surface area contributed by atoms with E-state index in [2.05, 4.69) is 71.3 Å². The van der Waals surface area contributed by atoms with E-state index < -0.39 is 5.41 Å². The first kappa shape index (κ1) is 20.2. The van der Waals surface area contributed by atoms with Crippen LogP contribution in [-0.4, -0.2) is 16.0 Å². The van der Waals surface area contributed by atoms with Crippen LogP contribution in [0.2, 0.25) is 0 Å². The molecule has 7 heteroatoms. The Hall–Kier alpha value is -2.77. The van der Waals surface area contributed by atoms with Crippen molar-refractivity contribution in [3.63, 3.8) is 0 Å². The standard InChI is InChI=1S/C24H17Br2N3O2/c25-16-11-17-20(19(26)12-16)27-23(31)21(17)28-29-22(30)18-13-24(18,14-7-3-1-4-8-14)15-9-5-2-6-10-15/h1-12,18,27,31H,13H2/t18-/m0/s1. The van der Waals surface area contributed by atoms with Gasteiger partial charge in [-0.1, -0.05) is 76.6 Å². The molecule has 1 heterocycles. The molecular formula is C24H17Br2N3O2. The summed E-state index contributed by atoms with van der Waals surface area (Å²) in [6, 6.07) is 23.8. The fourth-order valence-corrected chi connectivity index (χ4v) is 5.62. The van der Waals surface area contributed by atoms with Crippen molar-refractivity contribution < 1.29 is 9.90 Å². The molecule has 1 atom stereocenters. The van der Waals surface area contributed by atoms with Crippen LogP contribution in [0.15, 0.2) is 92.0 Å². The Morgan fingerprint density at radius 3 is 2.23 bits per heavy atom. The molecule has 0 bridgehead atoms. The maximum atomic E-state index is 13.1. The Bertz CT molecular complexity index is 1280. The zero-order chi connectivity index (χ0) is 21.6. The summed E-state index contributed by atoms with van der Waals surface area (Å²) in [7, 11) is 0. The molecule has 2 N–H and O–H groups in total. The number of hydrogen-bond donors (Lipinski definition) is 2. The number of amides is 1. The minimum atomic E-state index is -0.396. The molecule has 1 aliphatic rings. The van der Waals surface area contributed by atoms with Crippen LogP contribution < -0.4 is 0 Å². The molecular weight excluding hydrogens is 522 g/mol. The Balaban J connectivity index is 1.50. The first-order chi connectivity index (χ1) is 15.0. The van der Waals surface area contributed by atoms with Gasteiger partial charge in [-0.25, -0.2) is 0 Å². The van der Waals surface area contributed by atoms with Crippen molar-refractivity contribution in [2.75, 3.05) is 0 Å². The smallest absolute Gasteiger partial charge is 0.269 e. The molecule has 1 aromatic heterocycles. The van der Waals surface area contributed by atoms with Gasteiger partial charge in [0, 0.05) is 19.7 Å². The molecule has 5 nitrogen and oxygen atoms in total. The molecule has 0 unspecified atom stereocenters. The number of fused-ring (bicyclic) bond motifs is 1. The quantitative estimate of drug-likeness (QED) is 0.274. The van der Waals surface area contributed by atoms with Crippen molar-refractivity contribution in [2.45, 2.75) is 11.8 Å². The summed E-state index contributed by atoms with van der Waals surface area (Å²) in [5.74, 6) is -0.721. The molecule has 0 saturated heterocycles. The molecule has 0 aliphatic heterocycles. The third-order valence-electron chi connectivity index (χ3n) is 5.86. The summed E-state index contributed by atoms with van der Waals surface area (Å²) < 4.78 is 1.59. The van der Waals surface area contributed by atoms with Gasteiger partial charge >= 0.3 is 0 Å². The van der Waals surface area contributed by atoms with Gasteiger partial charge in [0.2, 0.25) is 5.88 Å². The molecule has 3 aromatic carbocycles. The first-order valence-corrected chi connectivity index (χ1v) is 11.4. The average Bonchev–Trinajstić information content (AvgIpc) is 3.46. The van der Waals surface area contributed by atoms with Gasteiger partial charge in [0.25, 0.3) is 5.91 Å². The second kappa shape index (κ2) is 7.73. The van der Waals surface area contributed by atoms with Crippen molar-refractivity contribution in [3.8, 4) is 5.88 Å². The van der Waals surface area contributed by atoms with E-state index >= 15 is 0 Å². The van der Waals surface area contributed by atoms with Crippen molar-refractivity contribution >= 4 is 54.4 Å².